The van der Waals surface area contributed by atoms with Crippen LogP contribution in [0.2, 0.25) is 0 Å². The van der Waals surface area contributed by atoms with E-state index in [0.717, 1.165) is 18.3 Å². The highest BCUT2D eigenvalue weighted by molar-refractivity contribution is 5.64. The van der Waals surface area contributed by atoms with E-state index in [1.165, 1.54) is 55.2 Å². The van der Waals surface area contributed by atoms with Crippen LogP contribution in [0.25, 0.3) is 11.1 Å². The average Bonchev–Trinajstić information content (AvgIpc) is 2.60. The summed E-state index contributed by atoms with van der Waals surface area (Å²) in [6.07, 6.45) is 7.76. The lowest BCUT2D eigenvalue weighted by molar-refractivity contribution is 0.262. The third-order valence-corrected chi connectivity index (χ3v) is 4.66. The molecule has 1 atom stereocenters. The first-order chi connectivity index (χ1) is 11.7. The van der Waals surface area contributed by atoms with E-state index in [9.17, 15) is 0 Å². The lowest BCUT2D eigenvalue weighted by Crippen LogP contribution is -2.07. The largest absolute Gasteiger partial charge is 0.494 e. The van der Waals surface area contributed by atoms with E-state index in [1.54, 1.807) is 0 Å². The van der Waals surface area contributed by atoms with Crippen LogP contribution in [0.3, 0.4) is 0 Å². The molecule has 0 aliphatic carbocycles. The fourth-order valence-corrected chi connectivity index (χ4v) is 3.25. The summed E-state index contributed by atoms with van der Waals surface area (Å²) < 4.78 is 5.98. The molecule has 0 heterocycles. The quantitative estimate of drug-likeness (QED) is 0.455. The lowest BCUT2D eigenvalue weighted by Gasteiger charge is -2.16. The Balaban J connectivity index is 1.85. The fourth-order valence-electron chi connectivity index (χ4n) is 3.25. The summed E-state index contributed by atoms with van der Waals surface area (Å²) in [6, 6.07) is 17.1. The lowest BCUT2D eigenvalue weighted by atomic mass is 9.94. The molecule has 1 nitrogen and oxygen atoms in total. The van der Waals surface area contributed by atoms with Gasteiger partial charge >= 0.3 is 0 Å². The maximum Gasteiger partial charge on any atom is 0.119 e. The first-order valence-electron chi connectivity index (χ1n) is 9.52. The van der Waals surface area contributed by atoms with Crippen molar-refractivity contribution in [2.45, 2.75) is 59.3 Å². The van der Waals surface area contributed by atoms with E-state index in [4.69, 9.17) is 4.74 Å². The van der Waals surface area contributed by atoms with Crippen LogP contribution in [0.1, 0.15) is 57.9 Å². The minimum Gasteiger partial charge on any atom is -0.494 e. The molecule has 0 aliphatic heterocycles. The molecule has 0 aromatic heterocycles. The number of benzene rings is 2. The van der Waals surface area contributed by atoms with Crippen LogP contribution in [0.15, 0.2) is 48.5 Å². The van der Waals surface area contributed by atoms with Crippen molar-refractivity contribution < 1.29 is 4.74 Å². The molecule has 0 N–H and O–H groups in total. The van der Waals surface area contributed by atoms with Gasteiger partial charge in [-0.3, -0.25) is 0 Å². The fraction of sp³-hybridized carbons (Fsp3) is 0.478. The Labute approximate surface area is 148 Å². The number of unbranched alkanes of at least 4 members (excludes halogenated alkanes) is 1. The van der Waals surface area contributed by atoms with Gasteiger partial charge in [-0.2, -0.15) is 0 Å². The highest BCUT2D eigenvalue weighted by atomic mass is 16.5. The van der Waals surface area contributed by atoms with Crippen LogP contribution in [0, 0.1) is 12.8 Å². The van der Waals surface area contributed by atoms with Gasteiger partial charge in [-0.05, 0) is 42.5 Å². The summed E-state index contributed by atoms with van der Waals surface area (Å²) in [6.45, 7) is 7.52. The second-order valence-electron chi connectivity index (χ2n) is 6.83. The molecule has 2 rings (SSSR count). The van der Waals surface area contributed by atoms with Crippen LogP contribution in [-0.2, 0) is 0 Å². The molecule has 0 radical (unpaired) electrons. The van der Waals surface area contributed by atoms with E-state index in [0.29, 0.717) is 0 Å². The van der Waals surface area contributed by atoms with Gasteiger partial charge in [0.15, 0.2) is 0 Å². The molecule has 24 heavy (non-hydrogen) atoms. The summed E-state index contributed by atoms with van der Waals surface area (Å²) in [4.78, 5) is 0. The molecule has 0 fully saturated rings. The van der Waals surface area contributed by atoms with Crippen molar-refractivity contribution in [1.82, 2.24) is 0 Å². The average molecular weight is 325 g/mol. The van der Waals surface area contributed by atoms with Crippen molar-refractivity contribution in [3.05, 3.63) is 54.1 Å². The highest BCUT2D eigenvalue weighted by Crippen LogP contribution is 2.24. The Kier molecular flexibility index (Phi) is 7.88. The topological polar surface area (TPSA) is 9.23 Å². The van der Waals surface area contributed by atoms with Crippen molar-refractivity contribution in [3.8, 4) is 16.9 Å². The zero-order chi connectivity index (χ0) is 17.2. The van der Waals surface area contributed by atoms with E-state index >= 15 is 0 Å². The van der Waals surface area contributed by atoms with Crippen LogP contribution in [-0.4, -0.2) is 6.61 Å². The number of rotatable bonds is 10. The second kappa shape index (κ2) is 10.2. The third kappa shape index (κ3) is 6.03. The Hall–Kier alpha value is -1.76. The van der Waals surface area contributed by atoms with Gasteiger partial charge in [0.05, 0.1) is 6.61 Å². The molecule has 2 aromatic carbocycles. The van der Waals surface area contributed by atoms with Gasteiger partial charge < -0.3 is 4.74 Å². The van der Waals surface area contributed by atoms with Crippen molar-refractivity contribution in [2.75, 3.05) is 6.61 Å². The molecular weight excluding hydrogens is 292 g/mol. The highest BCUT2D eigenvalue weighted by Gasteiger charge is 2.07. The van der Waals surface area contributed by atoms with Gasteiger partial charge in [-0.1, -0.05) is 87.9 Å². The Bertz CT molecular complexity index is 585. The van der Waals surface area contributed by atoms with Gasteiger partial charge in [0.25, 0.3) is 0 Å². The van der Waals surface area contributed by atoms with Crippen LogP contribution in [0.5, 0.6) is 5.75 Å². The van der Waals surface area contributed by atoms with Crippen molar-refractivity contribution >= 4 is 0 Å². The van der Waals surface area contributed by atoms with Gasteiger partial charge in [-0.15, -0.1) is 0 Å². The molecule has 0 saturated carbocycles. The van der Waals surface area contributed by atoms with E-state index in [1.807, 2.05) is 0 Å². The van der Waals surface area contributed by atoms with Crippen molar-refractivity contribution in [3.63, 3.8) is 0 Å². The summed E-state index contributed by atoms with van der Waals surface area (Å²) in [5.41, 5.74) is 3.81. The number of aryl methyl sites for hydroxylation is 1. The monoisotopic (exact) mass is 324 g/mol. The molecule has 0 amide bonds. The molecule has 0 spiro atoms. The van der Waals surface area contributed by atoms with Gasteiger partial charge in [0.2, 0.25) is 0 Å². The van der Waals surface area contributed by atoms with Crippen molar-refractivity contribution in [1.29, 1.82) is 0 Å². The van der Waals surface area contributed by atoms with Crippen LogP contribution in [0.4, 0.5) is 0 Å². The predicted molar refractivity (Wildman–Crippen MR) is 105 cm³/mol. The summed E-state index contributed by atoms with van der Waals surface area (Å²) in [7, 11) is 0. The van der Waals surface area contributed by atoms with Crippen molar-refractivity contribution in [2.24, 2.45) is 5.92 Å². The predicted octanol–water partition coefficient (Wildman–Crippen LogP) is 7.04. The van der Waals surface area contributed by atoms with E-state index in [-0.39, 0.29) is 0 Å². The Morgan fingerprint density at radius 2 is 1.62 bits per heavy atom. The minimum absolute atomic E-state index is 0.821. The smallest absolute Gasteiger partial charge is 0.119 e. The maximum atomic E-state index is 5.98. The van der Waals surface area contributed by atoms with Gasteiger partial charge in [0.1, 0.15) is 5.75 Å². The number of hydrogen-bond donors (Lipinski definition) is 0. The van der Waals surface area contributed by atoms with E-state index in [2.05, 4.69) is 69.3 Å². The zero-order valence-electron chi connectivity index (χ0n) is 15.6. The first-order valence-corrected chi connectivity index (χ1v) is 9.52. The summed E-state index contributed by atoms with van der Waals surface area (Å²) in [5.74, 6) is 1.80. The van der Waals surface area contributed by atoms with E-state index < -0.39 is 0 Å². The minimum atomic E-state index is 0.821. The first kappa shape index (κ1) is 18.6. The molecule has 0 aliphatic rings. The van der Waals surface area contributed by atoms with Crippen LogP contribution < -0.4 is 4.74 Å². The number of ether oxygens (including phenoxy) is 1. The standard InChI is InChI=1S/C23H32O/c1-4-6-10-20(8-5-2)16-17-24-23-14-12-21(13-15-23)22-11-7-9-19(3)18-22/h7,9,11-15,18,20H,4-6,8,10,16-17H2,1-3H3. The molecule has 2 aromatic rings. The Morgan fingerprint density at radius 1 is 0.833 bits per heavy atom. The molecule has 0 bridgehead atoms. The second-order valence-corrected chi connectivity index (χ2v) is 6.83. The molecular formula is C23H32O. The summed E-state index contributed by atoms with van der Waals surface area (Å²) >= 11 is 0. The molecule has 130 valence electrons. The molecule has 0 saturated heterocycles. The Morgan fingerprint density at radius 3 is 2.29 bits per heavy atom. The molecule has 1 heteroatoms. The van der Waals surface area contributed by atoms with Gasteiger partial charge in [-0.25, -0.2) is 0 Å². The van der Waals surface area contributed by atoms with Gasteiger partial charge in [0, 0.05) is 0 Å². The molecule has 1 unspecified atom stereocenters. The summed E-state index contributed by atoms with van der Waals surface area (Å²) in [5, 5.41) is 0. The SMILES string of the molecule is CCCCC(CCC)CCOc1ccc(-c2cccc(C)c2)cc1. The zero-order valence-corrected chi connectivity index (χ0v) is 15.6. The maximum absolute atomic E-state index is 5.98. The number of hydrogen-bond acceptors (Lipinski definition) is 1. The van der Waals surface area contributed by atoms with Crippen LogP contribution >= 0.6 is 0 Å². The third-order valence-electron chi connectivity index (χ3n) is 4.66. The normalized spacial score (nSPS) is 12.1.